The monoisotopic (exact) mass is 325 g/mol. The van der Waals surface area contributed by atoms with Crippen LogP contribution in [0.3, 0.4) is 0 Å². The molecule has 120 valence electrons. The summed E-state index contributed by atoms with van der Waals surface area (Å²) in [6.07, 6.45) is 1.75. The van der Waals surface area contributed by atoms with Crippen molar-refractivity contribution in [3.05, 3.63) is 77.0 Å². The van der Waals surface area contributed by atoms with Crippen molar-refractivity contribution in [3.63, 3.8) is 0 Å². The number of carbonyl (C=O) groups is 1. The zero-order chi connectivity index (χ0) is 16.7. The minimum atomic E-state index is -1.06. The molecule has 3 nitrogen and oxygen atoms in total. The maximum absolute atomic E-state index is 13.2. The summed E-state index contributed by atoms with van der Waals surface area (Å²) in [7, 11) is 0. The average molecular weight is 325 g/mol. The van der Waals surface area contributed by atoms with E-state index in [4.69, 9.17) is 4.74 Å². The van der Waals surface area contributed by atoms with Gasteiger partial charge in [0, 0.05) is 17.3 Å². The lowest BCUT2D eigenvalue weighted by atomic mass is 9.90. The number of ether oxygens (including phenoxy) is 1. The van der Waals surface area contributed by atoms with E-state index in [0.29, 0.717) is 5.69 Å². The Bertz CT molecular complexity index is 946. The number of aromatic nitrogens is 1. The molecule has 0 saturated carbocycles. The highest BCUT2D eigenvalue weighted by Crippen LogP contribution is 2.33. The molecule has 0 bridgehead atoms. The number of benzene rings is 2. The van der Waals surface area contributed by atoms with Crippen LogP contribution in [0.25, 0.3) is 11.3 Å². The minimum absolute atomic E-state index is 0.0353. The normalized spacial score (nSPS) is 12.4. The van der Waals surface area contributed by atoms with Gasteiger partial charge in [0.1, 0.15) is 11.4 Å². The molecular formula is C19H13F2NO2. The Labute approximate surface area is 136 Å². The first-order valence-corrected chi connectivity index (χ1v) is 7.59. The zero-order valence-electron chi connectivity index (χ0n) is 12.6. The predicted molar refractivity (Wildman–Crippen MR) is 85.0 cm³/mol. The number of aromatic amines is 1. The number of fused-ring (bicyclic) bond motifs is 3. The van der Waals surface area contributed by atoms with Crippen molar-refractivity contribution in [2.75, 3.05) is 0 Å². The summed E-state index contributed by atoms with van der Waals surface area (Å²) in [5.41, 5.74) is 4.56. The molecule has 1 N–H and O–H groups in total. The first-order chi connectivity index (χ1) is 11.6. The summed E-state index contributed by atoms with van der Waals surface area (Å²) in [4.78, 5) is 15.4. The van der Waals surface area contributed by atoms with Crippen LogP contribution in [0.5, 0.6) is 5.75 Å². The van der Waals surface area contributed by atoms with Crippen LogP contribution >= 0.6 is 0 Å². The van der Waals surface area contributed by atoms with Crippen molar-refractivity contribution < 1.29 is 18.3 Å². The van der Waals surface area contributed by atoms with Crippen LogP contribution in [0.15, 0.2) is 48.5 Å². The molecule has 2 aromatic carbocycles. The Morgan fingerprint density at radius 1 is 0.958 bits per heavy atom. The number of hydrogen-bond donors (Lipinski definition) is 1. The Morgan fingerprint density at radius 2 is 1.75 bits per heavy atom. The molecule has 0 unspecified atom stereocenters. The Balaban J connectivity index is 1.63. The van der Waals surface area contributed by atoms with E-state index in [0.717, 1.165) is 41.8 Å². The fourth-order valence-electron chi connectivity index (χ4n) is 3.00. The molecular weight excluding hydrogens is 312 g/mol. The molecule has 0 saturated heterocycles. The van der Waals surface area contributed by atoms with Crippen molar-refractivity contribution >= 4 is 5.97 Å². The minimum Gasteiger partial charge on any atom is -0.422 e. The van der Waals surface area contributed by atoms with E-state index in [9.17, 15) is 13.6 Å². The summed E-state index contributed by atoms with van der Waals surface area (Å²) < 4.78 is 31.3. The lowest BCUT2D eigenvalue weighted by molar-refractivity contribution is 0.0728. The van der Waals surface area contributed by atoms with Gasteiger partial charge in [0.05, 0.1) is 0 Å². The number of carbonyl (C=O) groups excluding carboxylic acids is 1. The number of rotatable bonds is 2. The fraction of sp³-hybridized carbons (Fsp3) is 0.105. The van der Waals surface area contributed by atoms with Gasteiger partial charge in [0.2, 0.25) is 0 Å². The second kappa shape index (κ2) is 5.60. The van der Waals surface area contributed by atoms with Crippen LogP contribution in [0.1, 0.15) is 21.6 Å². The molecule has 5 heteroatoms. The van der Waals surface area contributed by atoms with Gasteiger partial charge in [-0.05, 0) is 42.2 Å². The second-order valence-corrected chi connectivity index (χ2v) is 5.71. The van der Waals surface area contributed by atoms with Crippen molar-refractivity contribution in [1.29, 1.82) is 0 Å². The zero-order valence-corrected chi connectivity index (χ0v) is 12.6. The third kappa shape index (κ3) is 2.48. The number of nitrogens with one attached hydrogen (secondary N) is 1. The standard InChI is InChI=1S/C19H13F2NO2/c20-15-8-7-13(10-16(15)21)24-19(23)17-9-12-6-5-11-3-1-2-4-14(11)18(12)22-17/h1-4,7-10,22H,5-6H2. The molecule has 4 rings (SSSR count). The fourth-order valence-corrected chi connectivity index (χ4v) is 3.00. The van der Waals surface area contributed by atoms with Gasteiger partial charge in [0.15, 0.2) is 11.6 Å². The first kappa shape index (κ1) is 14.6. The van der Waals surface area contributed by atoms with Crippen molar-refractivity contribution in [2.24, 2.45) is 0 Å². The van der Waals surface area contributed by atoms with Gasteiger partial charge in [-0.1, -0.05) is 24.3 Å². The number of halogens is 2. The largest absolute Gasteiger partial charge is 0.422 e. The molecule has 0 aliphatic heterocycles. The Morgan fingerprint density at radius 3 is 2.58 bits per heavy atom. The number of H-pyrrole nitrogens is 1. The highest BCUT2D eigenvalue weighted by molar-refractivity contribution is 5.91. The van der Waals surface area contributed by atoms with Gasteiger partial charge in [-0.3, -0.25) is 0 Å². The molecule has 0 atom stereocenters. The third-order valence-electron chi connectivity index (χ3n) is 4.17. The first-order valence-electron chi connectivity index (χ1n) is 7.59. The van der Waals surface area contributed by atoms with Gasteiger partial charge in [-0.25, -0.2) is 13.6 Å². The van der Waals surface area contributed by atoms with E-state index >= 15 is 0 Å². The van der Waals surface area contributed by atoms with E-state index in [1.165, 1.54) is 11.6 Å². The molecule has 1 aliphatic rings. The molecule has 1 aromatic heterocycles. The summed E-state index contributed by atoms with van der Waals surface area (Å²) >= 11 is 0. The smallest absolute Gasteiger partial charge is 0.360 e. The van der Waals surface area contributed by atoms with Gasteiger partial charge < -0.3 is 9.72 Å². The summed E-state index contributed by atoms with van der Waals surface area (Å²) in [5, 5.41) is 0. The molecule has 24 heavy (non-hydrogen) atoms. The molecule has 0 amide bonds. The SMILES string of the molecule is O=C(Oc1ccc(F)c(F)c1)c1cc2c([nH]1)-c1ccccc1CC2. The van der Waals surface area contributed by atoms with E-state index in [1.54, 1.807) is 6.07 Å². The van der Waals surface area contributed by atoms with E-state index in [2.05, 4.69) is 11.1 Å². The quantitative estimate of drug-likeness (QED) is 0.564. The maximum Gasteiger partial charge on any atom is 0.360 e. The molecule has 0 spiro atoms. The van der Waals surface area contributed by atoms with Crippen molar-refractivity contribution in [1.82, 2.24) is 4.98 Å². The Kier molecular flexibility index (Phi) is 3.41. The molecule has 1 aliphatic carbocycles. The van der Waals surface area contributed by atoms with E-state index in [-0.39, 0.29) is 5.75 Å². The summed E-state index contributed by atoms with van der Waals surface area (Å²) in [5.74, 6) is -2.71. The van der Waals surface area contributed by atoms with Crippen LogP contribution in [0.2, 0.25) is 0 Å². The average Bonchev–Trinajstić information content (AvgIpc) is 3.03. The molecule has 0 fully saturated rings. The number of esters is 1. The van der Waals surface area contributed by atoms with E-state index < -0.39 is 17.6 Å². The molecule has 0 radical (unpaired) electrons. The molecule has 3 aromatic rings. The second-order valence-electron chi connectivity index (χ2n) is 5.71. The topological polar surface area (TPSA) is 42.1 Å². The van der Waals surface area contributed by atoms with Crippen LogP contribution < -0.4 is 4.74 Å². The third-order valence-corrected chi connectivity index (χ3v) is 4.17. The maximum atomic E-state index is 13.2. The van der Waals surface area contributed by atoms with Crippen LogP contribution in [-0.4, -0.2) is 11.0 Å². The Hall–Kier alpha value is -2.95. The number of hydrogen-bond acceptors (Lipinski definition) is 2. The van der Waals surface area contributed by atoms with Gasteiger partial charge in [-0.15, -0.1) is 0 Å². The lowest BCUT2D eigenvalue weighted by Crippen LogP contribution is -2.09. The van der Waals surface area contributed by atoms with Gasteiger partial charge in [0.25, 0.3) is 0 Å². The molecule has 1 heterocycles. The van der Waals surface area contributed by atoms with Crippen molar-refractivity contribution in [3.8, 4) is 17.0 Å². The lowest BCUT2D eigenvalue weighted by Gasteiger charge is -2.15. The van der Waals surface area contributed by atoms with Gasteiger partial charge in [-0.2, -0.15) is 0 Å². The summed E-state index contributed by atoms with van der Waals surface area (Å²) in [6, 6.07) is 12.8. The van der Waals surface area contributed by atoms with Crippen molar-refractivity contribution in [2.45, 2.75) is 12.8 Å². The predicted octanol–water partition coefficient (Wildman–Crippen LogP) is 4.28. The van der Waals surface area contributed by atoms with Crippen LogP contribution in [0.4, 0.5) is 8.78 Å². The van der Waals surface area contributed by atoms with Gasteiger partial charge >= 0.3 is 5.97 Å². The highest BCUT2D eigenvalue weighted by atomic mass is 19.2. The van der Waals surface area contributed by atoms with E-state index in [1.807, 2.05) is 18.2 Å². The summed E-state index contributed by atoms with van der Waals surface area (Å²) in [6.45, 7) is 0. The van der Waals surface area contributed by atoms with Crippen LogP contribution in [-0.2, 0) is 12.8 Å². The highest BCUT2D eigenvalue weighted by Gasteiger charge is 2.21. The number of aryl methyl sites for hydroxylation is 2. The van der Waals surface area contributed by atoms with Crippen LogP contribution in [0, 0.1) is 11.6 Å².